The molecule has 0 radical (unpaired) electrons. The topological polar surface area (TPSA) is 29.4 Å². The fourth-order valence-corrected chi connectivity index (χ4v) is 1.43. The summed E-state index contributed by atoms with van der Waals surface area (Å²) in [5.74, 6) is 0.0891. The van der Waals surface area contributed by atoms with Gasteiger partial charge in [-0.05, 0) is 20.8 Å². The summed E-state index contributed by atoms with van der Waals surface area (Å²) in [4.78, 5) is 15.6. The molecule has 0 aromatic heterocycles. The molecule has 0 aliphatic carbocycles. The van der Waals surface area contributed by atoms with E-state index in [1.165, 1.54) is 6.42 Å². The number of nitrogens with zero attached hydrogens (tertiary/aromatic N) is 1. The van der Waals surface area contributed by atoms with Crippen LogP contribution in [0.5, 0.6) is 0 Å². The molecule has 2 heteroatoms. The molecule has 0 saturated heterocycles. The van der Waals surface area contributed by atoms with Gasteiger partial charge >= 0.3 is 0 Å². The summed E-state index contributed by atoms with van der Waals surface area (Å²) in [6.07, 6.45) is 1.25. The van der Waals surface area contributed by atoms with Crippen molar-refractivity contribution in [3.63, 3.8) is 0 Å². The first-order valence-corrected chi connectivity index (χ1v) is 6.19. The van der Waals surface area contributed by atoms with Crippen molar-refractivity contribution in [3.8, 4) is 0 Å². The minimum atomic E-state index is 0.0891. The molecule has 0 bridgehead atoms. The summed E-state index contributed by atoms with van der Waals surface area (Å²) >= 11 is 0. The summed E-state index contributed by atoms with van der Waals surface area (Å²) < 4.78 is 0. The van der Waals surface area contributed by atoms with Gasteiger partial charge in [-0.2, -0.15) is 0 Å². The van der Waals surface area contributed by atoms with Crippen molar-refractivity contribution >= 4 is 11.5 Å². The Balaban J connectivity index is 0.000000770. The molecule has 0 fully saturated rings. The van der Waals surface area contributed by atoms with E-state index in [1.807, 2.05) is 38.1 Å². The van der Waals surface area contributed by atoms with Crippen LogP contribution in [0.15, 0.2) is 29.3 Å². The van der Waals surface area contributed by atoms with Gasteiger partial charge in [0.2, 0.25) is 0 Å². The Morgan fingerprint density at radius 3 is 1.94 bits per heavy atom. The maximum absolute atomic E-state index is 11.3. The second-order valence-corrected chi connectivity index (χ2v) is 3.87. The first-order chi connectivity index (χ1) is 8.08. The van der Waals surface area contributed by atoms with Crippen molar-refractivity contribution < 1.29 is 4.79 Å². The number of ketones is 1. The lowest BCUT2D eigenvalue weighted by atomic mass is 10.0. The standard InChI is InChI=1S/C12H15NO.C3H8/c1-4-13-9(2)11-7-5-6-8-12(11)10(3)14;1-3-2/h5-8H,4H2,1-3H3;3H2,1-2H3. The van der Waals surface area contributed by atoms with Gasteiger partial charge in [0.05, 0.1) is 0 Å². The second-order valence-electron chi connectivity index (χ2n) is 3.87. The van der Waals surface area contributed by atoms with Gasteiger partial charge in [-0.25, -0.2) is 0 Å². The molecule has 0 spiro atoms. The zero-order valence-corrected chi connectivity index (χ0v) is 11.6. The number of carbonyl (C=O) groups excluding carboxylic acids is 1. The van der Waals surface area contributed by atoms with Crippen LogP contribution < -0.4 is 0 Å². The molecular weight excluding hydrogens is 210 g/mol. The largest absolute Gasteiger partial charge is 0.294 e. The van der Waals surface area contributed by atoms with Crippen molar-refractivity contribution in [1.82, 2.24) is 0 Å². The van der Waals surface area contributed by atoms with Crippen LogP contribution in [0.25, 0.3) is 0 Å². The van der Waals surface area contributed by atoms with Crippen molar-refractivity contribution in [1.29, 1.82) is 0 Å². The van der Waals surface area contributed by atoms with Crippen molar-refractivity contribution in [2.45, 2.75) is 41.0 Å². The van der Waals surface area contributed by atoms with E-state index in [-0.39, 0.29) is 5.78 Å². The first-order valence-electron chi connectivity index (χ1n) is 6.19. The quantitative estimate of drug-likeness (QED) is 0.570. The minimum Gasteiger partial charge on any atom is -0.294 e. The van der Waals surface area contributed by atoms with Crippen LogP contribution in [-0.2, 0) is 0 Å². The van der Waals surface area contributed by atoms with E-state index in [1.54, 1.807) is 6.92 Å². The third kappa shape index (κ3) is 5.43. The minimum absolute atomic E-state index is 0.0891. The van der Waals surface area contributed by atoms with E-state index in [0.717, 1.165) is 23.4 Å². The number of carbonyl (C=O) groups is 1. The Morgan fingerprint density at radius 1 is 1.06 bits per heavy atom. The van der Waals surface area contributed by atoms with Crippen LogP contribution in [0, 0.1) is 0 Å². The molecular formula is C15H23NO. The highest BCUT2D eigenvalue weighted by atomic mass is 16.1. The predicted molar refractivity (Wildman–Crippen MR) is 75.2 cm³/mol. The van der Waals surface area contributed by atoms with Gasteiger partial charge in [-0.3, -0.25) is 9.79 Å². The third-order valence-electron chi connectivity index (χ3n) is 2.09. The maximum Gasteiger partial charge on any atom is 0.160 e. The predicted octanol–water partition coefficient (Wildman–Crippen LogP) is 4.13. The second kappa shape index (κ2) is 8.68. The molecule has 0 atom stereocenters. The van der Waals surface area contributed by atoms with Crippen LogP contribution in [0.2, 0.25) is 0 Å². The van der Waals surface area contributed by atoms with Crippen LogP contribution in [0.3, 0.4) is 0 Å². The Hall–Kier alpha value is -1.44. The lowest BCUT2D eigenvalue weighted by molar-refractivity contribution is 0.101. The number of aliphatic imine (C=N–C) groups is 1. The Labute approximate surface area is 105 Å². The van der Waals surface area contributed by atoms with Crippen molar-refractivity contribution in [2.24, 2.45) is 4.99 Å². The van der Waals surface area contributed by atoms with Gasteiger partial charge in [0, 0.05) is 23.4 Å². The highest BCUT2D eigenvalue weighted by Gasteiger charge is 2.07. The highest BCUT2D eigenvalue weighted by molar-refractivity contribution is 6.09. The number of hydrogen-bond donors (Lipinski definition) is 0. The van der Waals surface area contributed by atoms with Gasteiger partial charge in [0.15, 0.2) is 5.78 Å². The molecule has 94 valence electrons. The molecule has 0 amide bonds. The molecule has 0 aliphatic heterocycles. The van der Waals surface area contributed by atoms with E-state index < -0.39 is 0 Å². The van der Waals surface area contributed by atoms with E-state index in [2.05, 4.69) is 18.8 Å². The summed E-state index contributed by atoms with van der Waals surface area (Å²) in [6, 6.07) is 7.58. The molecule has 0 aliphatic rings. The number of benzene rings is 1. The van der Waals surface area contributed by atoms with Gasteiger partial charge in [0.25, 0.3) is 0 Å². The number of rotatable bonds is 3. The number of Topliss-reactive ketones (excluding diaryl/α,β-unsaturated/α-hetero) is 1. The monoisotopic (exact) mass is 233 g/mol. The molecule has 1 aromatic carbocycles. The average Bonchev–Trinajstić information content (AvgIpc) is 2.30. The molecule has 0 saturated carbocycles. The van der Waals surface area contributed by atoms with E-state index in [0.29, 0.717) is 0 Å². The van der Waals surface area contributed by atoms with Gasteiger partial charge in [0.1, 0.15) is 0 Å². The summed E-state index contributed by atoms with van der Waals surface area (Å²) in [5, 5.41) is 0. The molecule has 0 unspecified atom stereocenters. The Bertz CT molecular complexity index is 380. The Morgan fingerprint density at radius 2 is 1.53 bits per heavy atom. The SMILES string of the molecule is CCC.CCN=C(C)c1ccccc1C(C)=O. The first kappa shape index (κ1) is 15.6. The van der Waals surface area contributed by atoms with Gasteiger partial charge in [-0.15, -0.1) is 0 Å². The fourth-order valence-electron chi connectivity index (χ4n) is 1.43. The Kier molecular flexibility index (Phi) is 7.95. The van der Waals surface area contributed by atoms with Gasteiger partial charge in [-0.1, -0.05) is 44.5 Å². The van der Waals surface area contributed by atoms with Crippen LogP contribution >= 0.6 is 0 Å². The zero-order chi connectivity index (χ0) is 13.3. The zero-order valence-electron chi connectivity index (χ0n) is 11.6. The molecule has 0 N–H and O–H groups in total. The maximum atomic E-state index is 11.3. The average molecular weight is 233 g/mol. The molecule has 17 heavy (non-hydrogen) atoms. The van der Waals surface area contributed by atoms with E-state index >= 15 is 0 Å². The summed E-state index contributed by atoms with van der Waals surface area (Å²) in [6.45, 7) is 10.5. The fraction of sp³-hybridized carbons (Fsp3) is 0.467. The van der Waals surface area contributed by atoms with Gasteiger partial charge < -0.3 is 0 Å². The summed E-state index contributed by atoms with van der Waals surface area (Å²) in [5.41, 5.74) is 2.63. The smallest absolute Gasteiger partial charge is 0.160 e. The van der Waals surface area contributed by atoms with Crippen molar-refractivity contribution in [3.05, 3.63) is 35.4 Å². The molecule has 0 heterocycles. The van der Waals surface area contributed by atoms with Crippen LogP contribution in [0.4, 0.5) is 0 Å². The lowest BCUT2D eigenvalue weighted by Crippen LogP contribution is -2.04. The van der Waals surface area contributed by atoms with Crippen LogP contribution in [0.1, 0.15) is 57.0 Å². The third-order valence-corrected chi connectivity index (χ3v) is 2.09. The number of hydrogen-bond acceptors (Lipinski definition) is 2. The van der Waals surface area contributed by atoms with E-state index in [4.69, 9.17) is 0 Å². The lowest BCUT2D eigenvalue weighted by Gasteiger charge is -2.05. The molecule has 2 nitrogen and oxygen atoms in total. The molecule has 1 aromatic rings. The molecule has 1 rings (SSSR count). The highest BCUT2D eigenvalue weighted by Crippen LogP contribution is 2.10. The summed E-state index contributed by atoms with van der Waals surface area (Å²) in [7, 11) is 0. The van der Waals surface area contributed by atoms with E-state index in [9.17, 15) is 4.79 Å². The van der Waals surface area contributed by atoms with Crippen molar-refractivity contribution in [2.75, 3.05) is 6.54 Å². The normalized spacial score (nSPS) is 10.5. The van der Waals surface area contributed by atoms with Crippen LogP contribution in [-0.4, -0.2) is 18.0 Å².